The van der Waals surface area contributed by atoms with Gasteiger partial charge in [-0.2, -0.15) is 0 Å². The molecule has 1 saturated carbocycles. The molecule has 1 amide bonds. The van der Waals surface area contributed by atoms with Crippen molar-refractivity contribution in [2.45, 2.75) is 51.6 Å². The summed E-state index contributed by atoms with van der Waals surface area (Å²) in [6, 6.07) is 4.11. The highest BCUT2D eigenvalue weighted by molar-refractivity contribution is 7.10. The fraction of sp³-hybridized carbons (Fsp3) is 0.688. The molecule has 0 aliphatic heterocycles. The van der Waals surface area contributed by atoms with Gasteiger partial charge in [0.05, 0.1) is 11.0 Å². The van der Waals surface area contributed by atoms with Gasteiger partial charge in [-0.15, -0.1) is 11.3 Å². The van der Waals surface area contributed by atoms with Crippen LogP contribution in [-0.2, 0) is 14.9 Å². The third kappa shape index (κ3) is 2.63. The second kappa shape index (κ2) is 5.15. The molecule has 0 unspecified atom stereocenters. The highest BCUT2D eigenvalue weighted by atomic mass is 32.1. The van der Waals surface area contributed by atoms with Crippen molar-refractivity contribution >= 4 is 17.2 Å². The minimum Gasteiger partial charge on any atom is -0.379 e. The van der Waals surface area contributed by atoms with Crippen LogP contribution in [-0.4, -0.2) is 25.2 Å². The molecule has 1 fully saturated rings. The highest BCUT2D eigenvalue weighted by Crippen LogP contribution is 2.65. The molecule has 112 valence electrons. The van der Waals surface area contributed by atoms with Crippen molar-refractivity contribution in [2.24, 2.45) is 5.41 Å². The molecule has 0 radical (unpaired) electrons. The van der Waals surface area contributed by atoms with Crippen LogP contribution in [0.15, 0.2) is 17.5 Å². The van der Waals surface area contributed by atoms with Crippen molar-refractivity contribution in [3.63, 3.8) is 0 Å². The Morgan fingerprint density at radius 1 is 1.50 bits per heavy atom. The molecule has 3 nitrogen and oxygen atoms in total. The summed E-state index contributed by atoms with van der Waals surface area (Å²) in [7, 11) is 1.71. The summed E-state index contributed by atoms with van der Waals surface area (Å²) in [5.74, 6) is 0.164. The summed E-state index contributed by atoms with van der Waals surface area (Å²) in [6.07, 6.45) is 1.75. The molecular weight excluding hydrogens is 270 g/mol. The maximum Gasteiger partial charge on any atom is 0.232 e. The number of nitrogens with one attached hydrogen (secondary N) is 1. The Kier molecular flexibility index (Phi) is 4.00. The van der Waals surface area contributed by atoms with Crippen LogP contribution >= 0.6 is 11.3 Å². The molecule has 0 saturated heterocycles. The Balaban J connectivity index is 2.01. The lowest BCUT2D eigenvalue weighted by atomic mass is 9.93. The van der Waals surface area contributed by atoms with Crippen LogP contribution in [0.2, 0.25) is 0 Å². The minimum atomic E-state index is -0.321. The molecule has 20 heavy (non-hydrogen) atoms. The molecule has 1 N–H and O–H groups in total. The van der Waals surface area contributed by atoms with Crippen LogP contribution in [0.5, 0.6) is 0 Å². The molecule has 0 spiro atoms. The smallest absolute Gasteiger partial charge is 0.232 e. The zero-order valence-corrected chi connectivity index (χ0v) is 13.9. The normalized spacial score (nSPS) is 24.4. The fourth-order valence-electron chi connectivity index (χ4n) is 2.79. The fourth-order valence-corrected chi connectivity index (χ4v) is 3.89. The number of thiophene rings is 1. The van der Waals surface area contributed by atoms with Crippen LogP contribution in [0, 0.1) is 5.41 Å². The molecule has 1 aromatic rings. The lowest BCUT2D eigenvalue weighted by Gasteiger charge is -2.24. The van der Waals surface area contributed by atoms with Crippen LogP contribution in [0.1, 0.15) is 45.4 Å². The molecule has 1 aliphatic carbocycles. The first kappa shape index (κ1) is 15.5. The van der Waals surface area contributed by atoms with Gasteiger partial charge in [-0.05, 0) is 43.6 Å². The molecule has 2 rings (SSSR count). The second-order valence-corrected chi connectivity index (χ2v) is 7.86. The molecule has 4 heteroatoms. The Bertz CT molecular complexity index is 479. The van der Waals surface area contributed by atoms with E-state index in [2.05, 4.69) is 25.2 Å². The summed E-state index contributed by atoms with van der Waals surface area (Å²) < 4.78 is 5.38. The van der Waals surface area contributed by atoms with Crippen molar-refractivity contribution in [1.82, 2.24) is 5.32 Å². The molecule has 1 aliphatic rings. The first-order chi connectivity index (χ1) is 9.25. The van der Waals surface area contributed by atoms with E-state index in [-0.39, 0.29) is 22.3 Å². The summed E-state index contributed by atoms with van der Waals surface area (Å²) in [5, 5.41) is 5.16. The monoisotopic (exact) mass is 295 g/mol. The van der Waals surface area contributed by atoms with Gasteiger partial charge in [-0.1, -0.05) is 19.9 Å². The maximum absolute atomic E-state index is 12.7. The number of hydrogen-bond acceptors (Lipinski definition) is 3. The number of rotatable bonds is 6. The molecule has 0 bridgehead atoms. The second-order valence-electron chi connectivity index (χ2n) is 6.91. The minimum absolute atomic E-state index is 0.0543. The highest BCUT2D eigenvalue weighted by Gasteiger charge is 2.67. The summed E-state index contributed by atoms with van der Waals surface area (Å²) in [6.45, 7) is 9.07. The van der Waals surface area contributed by atoms with Crippen molar-refractivity contribution in [3.8, 4) is 0 Å². The summed E-state index contributed by atoms with van der Waals surface area (Å²) in [4.78, 5) is 13.9. The van der Waals surface area contributed by atoms with Crippen molar-refractivity contribution in [1.29, 1.82) is 0 Å². The number of ether oxygens (including phenoxy) is 1. The lowest BCUT2D eigenvalue weighted by molar-refractivity contribution is -0.124. The molecule has 1 heterocycles. The SMILES string of the molecule is COC(C)(C)CCNC(=O)[C@]1(c2cccs2)CC1(C)C. The average Bonchev–Trinajstić information content (AvgIpc) is 2.79. The summed E-state index contributed by atoms with van der Waals surface area (Å²) in [5.41, 5.74) is -0.459. The largest absolute Gasteiger partial charge is 0.379 e. The zero-order chi connectivity index (χ0) is 15.0. The Hall–Kier alpha value is -0.870. The van der Waals surface area contributed by atoms with Crippen molar-refractivity contribution in [3.05, 3.63) is 22.4 Å². The maximum atomic E-state index is 12.7. The number of hydrogen-bond donors (Lipinski definition) is 1. The topological polar surface area (TPSA) is 38.3 Å². The van der Waals surface area contributed by atoms with E-state index < -0.39 is 0 Å². The van der Waals surface area contributed by atoms with Gasteiger partial charge < -0.3 is 10.1 Å². The van der Waals surface area contributed by atoms with Gasteiger partial charge in [-0.3, -0.25) is 4.79 Å². The van der Waals surface area contributed by atoms with E-state index in [4.69, 9.17) is 4.74 Å². The standard InChI is InChI=1S/C16H25NO2S/c1-14(2)11-16(14,12-7-6-10-20-12)13(18)17-9-8-15(3,4)19-5/h6-7,10H,8-9,11H2,1-5H3,(H,17,18)/t16-/m1/s1. The number of methoxy groups -OCH3 is 1. The van der Waals surface area contributed by atoms with Crippen molar-refractivity contribution < 1.29 is 9.53 Å². The Morgan fingerprint density at radius 3 is 2.60 bits per heavy atom. The van der Waals surface area contributed by atoms with Crippen LogP contribution in [0.25, 0.3) is 0 Å². The van der Waals surface area contributed by atoms with Gasteiger partial charge in [0, 0.05) is 18.5 Å². The number of carbonyl (C=O) groups is 1. The van der Waals surface area contributed by atoms with E-state index in [1.807, 2.05) is 25.3 Å². The predicted octanol–water partition coefficient (Wildman–Crippen LogP) is 3.35. The van der Waals surface area contributed by atoms with Gasteiger partial charge in [-0.25, -0.2) is 0 Å². The van der Waals surface area contributed by atoms with E-state index in [0.717, 1.165) is 12.8 Å². The lowest BCUT2D eigenvalue weighted by Crippen LogP contribution is -2.40. The van der Waals surface area contributed by atoms with Gasteiger partial charge in [0.1, 0.15) is 0 Å². The van der Waals surface area contributed by atoms with E-state index in [0.29, 0.717) is 6.54 Å². The van der Waals surface area contributed by atoms with Gasteiger partial charge >= 0.3 is 0 Å². The van der Waals surface area contributed by atoms with E-state index in [9.17, 15) is 4.79 Å². The van der Waals surface area contributed by atoms with Crippen molar-refractivity contribution in [2.75, 3.05) is 13.7 Å². The van der Waals surface area contributed by atoms with E-state index in [1.165, 1.54) is 4.88 Å². The molecule has 1 aromatic heterocycles. The zero-order valence-electron chi connectivity index (χ0n) is 13.1. The van der Waals surface area contributed by atoms with Crippen LogP contribution in [0.3, 0.4) is 0 Å². The number of carbonyl (C=O) groups excluding carboxylic acids is 1. The van der Waals surface area contributed by atoms with E-state index in [1.54, 1.807) is 18.4 Å². The third-order valence-corrected chi connectivity index (χ3v) is 5.66. The third-order valence-electron chi connectivity index (χ3n) is 4.63. The van der Waals surface area contributed by atoms with Gasteiger partial charge in [0.25, 0.3) is 0 Å². The quantitative estimate of drug-likeness (QED) is 0.874. The molecule has 1 atom stereocenters. The van der Waals surface area contributed by atoms with Gasteiger partial charge in [0.15, 0.2) is 0 Å². The molecule has 0 aromatic carbocycles. The first-order valence-electron chi connectivity index (χ1n) is 7.13. The van der Waals surface area contributed by atoms with Crippen LogP contribution in [0.4, 0.5) is 0 Å². The van der Waals surface area contributed by atoms with E-state index >= 15 is 0 Å². The average molecular weight is 295 g/mol. The predicted molar refractivity (Wildman–Crippen MR) is 83.1 cm³/mol. The van der Waals surface area contributed by atoms with Gasteiger partial charge in [0.2, 0.25) is 5.91 Å². The Labute approximate surface area is 125 Å². The molecular formula is C16H25NO2S. The van der Waals surface area contributed by atoms with Crippen LogP contribution < -0.4 is 5.32 Å². The number of amides is 1. The first-order valence-corrected chi connectivity index (χ1v) is 8.01. The Morgan fingerprint density at radius 2 is 2.15 bits per heavy atom. The summed E-state index contributed by atoms with van der Waals surface area (Å²) >= 11 is 1.68.